The minimum Gasteiger partial charge on any atom is -0.493 e. The number of anilines is 1. The molecule has 1 heterocycles. The average molecular weight is 344 g/mol. The molecule has 3 rings (SSSR count). The van der Waals surface area contributed by atoms with Gasteiger partial charge >= 0.3 is 0 Å². The Balaban J connectivity index is 1.71. The van der Waals surface area contributed by atoms with Crippen molar-refractivity contribution < 1.29 is 18.7 Å². The first-order valence-electron chi connectivity index (χ1n) is 8.15. The predicted octanol–water partition coefficient (Wildman–Crippen LogP) is 2.81. The molecule has 1 aliphatic rings. The van der Waals surface area contributed by atoms with Gasteiger partial charge in [-0.2, -0.15) is 0 Å². The van der Waals surface area contributed by atoms with Crippen LogP contribution in [0.3, 0.4) is 0 Å². The van der Waals surface area contributed by atoms with Crippen molar-refractivity contribution in [3.05, 3.63) is 53.8 Å². The smallest absolute Gasteiger partial charge is 0.257 e. The Morgan fingerprint density at radius 2 is 1.64 bits per heavy atom. The van der Waals surface area contributed by atoms with Gasteiger partial charge in [0, 0.05) is 31.9 Å². The van der Waals surface area contributed by atoms with Gasteiger partial charge in [0.2, 0.25) is 0 Å². The van der Waals surface area contributed by atoms with E-state index >= 15 is 0 Å². The third-order valence-electron chi connectivity index (χ3n) is 4.39. The van der Waals surface area contributed by atoms with Crippen LogP contribution in [0.5, 0.6) is 11.5 Å². The fourth-order valence-electron chi connectivity index (χ4n) is 3.05. The van der Waals surface area contributed by atoms with E-state index in [0.717, 1.165) is 5.69 Å². The molecule has 0 radical (unpaired) electrons. The highest BCUT2D eigenvalue weighted by Gasteiger charge is 2.25. The number of carbonyl (C=O) groups excluding carboxylic acids is 1. The van der Waals surface area contributed by atoms with E-state index in [1.807, 2.05) is 0 Å². The van der Waals surface area contributed by atoms with Crippen LogP contribution in [0.1, 0.15) is 10.4 Å². The zero-order valence-electron chi connectivity index (χ0n) is 14.4. The highest BCUT2D eigenvalue weighted by molar-refractivity contribution is 5.98. The molecule has 0 aromatic heterocycles. The Hall–Kier alpha value is -2.76. The number of hydrogen-bond donors (Lipinski definition) is 0. The van der Waals surface area contributed by atoms with Gasteiger partial charge in [0.25, 0.3) is 5.91 Å². The summed E-state index contributed by atoms with van der Waals surface area (Å²) < 4.78 is 23.7. The fourth-order valence-corrected chi connectivity index (χ4v) is 3.05. The van der Waals surface area contributed by atoms with Gasteiger partial charge in [0.1, 0.15) is 5.82 Å². The number of para-hydroxylation sites is 1. The maximum atomic E-state index is 13.0. The molecule has 132 valence electrons. The molecule has 0 N–H and O–H groups in total. The van der Waals surface area contributed by atoms with Crippen molar-refractivity contribution in [1.29, 1.82) is 0 Å². The van der Waals surface area contributed by atoms with Gasteiger partial charge in [-0.1, -0.05) is 6.07 Å². The van der Waals surface area contributed by atoms with E-state index in [-0.39, 0.29) is 11.7 Å². The van der Waals surface area contributed by atoms with Crippen LogP contribution in [0.25, 0.3) is 0 Å². The van der Waals surface area contributed by atoms with E-state index in [1.54, 1.807) is 42.3 Å². The number of piperazine rings is 1. The summed E-state index contributed by atoms with van der Waals surface area (Å²) in [6, 6.07) is 11.7. The topological polar surface area (TPSA) is 42.0 Å². The second-order valence-electron chi connectivity index (χ2n) is 5.80. The van der Waals surface area contributed by atoms with Gasteiger partial charge in [-0.25, -0.2) is 4.39 Å². The molecule has 1 aliphatic heterocycles. The largest absolute Gasteiger partial charge is 0.493 e. The highest BCUT2D eigenvalue weighted by atomic mass is 19.1. The van der Waals surface area contributed by atoms with Crippen LogP contribution in [-0.2, 0) is 0 Å². The third kappa shape index (κ3) is 3.52. The van der Waals surface area contributed by atoms with Gasteiger partial charge in [-0.15, -0.1) is 0 Å². The van der Waals surface area contributed by atoms with Gasteiger partial charge in [-0.05, 0) is 36.4 Å². The summed E-state index contributed by atoms with van der Waals surface area (Å²) in [5.41, 5.74) is 1.46. The minimum atomic E-state index is -0.248. The number of nitrogens with zero attached hydrogens (tertiary/aromatic N) is 2. The highest BCUT2D eigenvalue weighted by Crippen LogP contribution is 2.31. The number of benzene rings is 2. The van der Waals surface area contributed by atoms with Gasteiger partial charge < -0.3 is 19.3 Å². The second kappa shape index (κ2) is 7.42. The van der Waals surface area contributed by atoms with Gasteiger partial charge in [-0.3, -0.25) is 4.79 Å². The van der Waals surface area contributed by atoms with Crippen LogP contribution in [0, 0.1) is 5.82 Å². The SMILES string of the molecule is COc1cccc(C(=O)N2CCN(c3ccc(F)cc3)CC2)c1OC. The van der Waals surface area contributed by atoms with Gasteiger partial charge in [0.15, 0.2) is 11.5 Å². The molecule has 0 atom stereocenters. The number of amides is 1. The average Bonchev–Trinajstić information content (AvgIpc) is 2.67. The zero-order chi connectivity index (χ0) is 17.8. The molecule has 1 saturated heterocycles. The van der Waals surface area contributed by atoms with Crippen LogP contribution in [0.15, 0.2) is 42.5 Å². The van der Waals surface area contributed by atoms with E-state index in [1.165, 1.54) is 19.2 Å². The van der Waals surface area contributed by atoms with E-state index in [9.17, 15) is 9.18 Å². The third-order valence-corrected chi connectivity index (χ3v) is 4.39. The Kier molecular flexibility index (Phi) is 5.07. The van der Waals surface area contributed by atoms with Gasteiger partial charge in [0.05, 0.1) is 19.8 Å². The first-order chi connectivity index (χ1) is 12.1. The van der Waals surface area contributed by atoms with Crippen LogP contribution < -0.4 is 14.4 Å². The van der Waals surface area contributed by atoms with Crippen molar-refractivity contribution in [1.82, 2.24) is 4.90 Å². The van der Waals surface area contributed by atoms with E-state index in [2.05, 4.69) is 4.90 Å². The maximum absolute atomic E-state index is 13.0. The molecule has 0 unspecified atom stereocenters. The first kappa shape index (κ1) is 17.1. The van der Waals surface area contributed by atoms with Crippen LogP contribution in [0.4, 0.5) is 10.1 Å². The summed E-state index contributed by atoms with van der Waals surface area (Å²) in [7, 11) is 3.08. The standard InChI is InChI=1S/C19H21FN2O3/c1-24-17-5-3-4-16(18(17)25-2)19(23)22-12-10-21(11-13-22)15-8-6-14(20)7-9-15/h3-9H,10-13H2,1-2H3. The molecule has 25 heavy (non-hydrogen) atoms. The molecular weight excluding hydrogens is 323 g/mol. The Morgan fingerprint density at radius 3 is 2.24 bits per heavy atom. The monoisotopic (exact) mass is 344 g/mol. The maximum Gasteiger partial charge on any atom is 0.257 e. The molecule has 6 heteroatoms. The molecule has 1 fully saturated rings. The molecule has 2 aromatic carbocycles. The molecule has 0 spiro atoms. The first-order valence-corrected chi connectivity index (χ1v) is 8.15. The summed E-state index contributed by atoms with van der Waals surface area (Å²) in [5, 5.41) is 0. The summed E-state index contributed by atoms with van der Waals surface area (Å²) >= 11 is 0. The number of rotatable bonds is 4. The van der Waals surface area contributed by atoms with Crippen LogP contribution >= 0.6 is 0 Å². The van der Waals surface area contributed by atoms with E-state index in [4.69, 9.17) is 9.47 Å². The van der Waals surface area contributed by atoms with Crippen LogP contribution in [-0.4, -0.2) is 51.2 Å². The quantitative estimate of drug-likeness (QED) is 0.855. The molecule has 1 amide bonds. The summed E-state index contributed by atoms with van der Waals surface area (Å²) in [4.78, 5) is 16.8. The lowest BCUT2D eigenvalue weighted by molar-refractivity contribution is 0.0742. The van der Waals surface area contributed by atoms with Crippen LogP contribution in [0.2, 0.25) is 0 Å². The Bertz CT molecular complexity index is 741. The lowest BCUT2D eigenvalue weighted by Gasteiger charge is -2.36. The Morgan fingerprint density at radius 1 is 0.960 bits per heavy atom. The lowest BCUT2D eigenvalue weighted by atomic mass is 10.1. The van der Waals surface area contributed by atoms with E-state index in [0.29, 0.717) is 43.2 Å². The number of ether oxygens (including phenoxy) is 2. The van der Waals surface area contributed by atoms with Crippen molar-refractivity contribution in [3.63, 3.8) is 0 Å². The summed E-state index contributed by atoms with van der Waals surface area (Å²) in [6.07, 6.45) is 0. The zero-order valence-corrected chi connectivity index (χ0v) is 14.4. The molecular formula is C19H21FN2O3. The summed E-state index contributed by atoms with van der Waals surface area (Å²) in [6.45, 7) is 2.58. The number of methoxy groups -OCH3 is 2. The molecule has 2 aromatic rings. The van der Waals surface area contributed by atoms with Crippen molar-refractivity contribution in [2.75, 3.05) is 45.3 Å². The second-order valence-corrected chi connectivity index (χ2v) is 5.80. The van der Waals surface area contributed by atoms with Crippen molar-refractivity contribution >= 4 is 11.6 Å². The van der Waals surface area contributed by atoms with E-state index < -0.39 is 0 Å². The number of hydrogen-bond acceptors (Lipinski definition) is 4. The lowest BCUT2D eigenvalue weighted by Crippen LogP contribution is -2.48. The predicted molar refractivity (Wildman–Crippen MR) is 94.1 cm³/mol. The Labute approximate surface area is 146 Å². The molecule has 5 nitrogen and oxygen atoms in total. The molecule has 0 saturated carbocycles. The number of halogens is 1. The van der Waals surface area contributed by atoms with Crippen molar-refractivity contribution in [3.8, 4) is 11.5 Å². The normalized spacial score (nSPS) is 14.4. The molecule has 0 bridgehead atoms. The number of carbonyl (C=O) groups is 1. The van der Waals surface area contributed by atoms with Crippen molar-refractivity contribution in [2.24, 2.45) is 0 Å². The fraction of sp³-hybridized carbons (Fsp3) is 0.316. The molecule has 0 aliphatic carbocycles. The minimum absolute atomic E-state index is 0.0745. The summed E-state index contributed by atoms with van der Waals surface area (Å²) in [5.74, 6) is 0.673. The van der Waals surface area contributed by atoms with Crippen molar-refractivity contribution in [2.45, 2.75) is 0 Å².